The van der Waals surface area contributed by atoms with Crippen LogP contribution in [-0.2, 0) is 11.0 Å². The van der Waals surface area contributed by atoms with Crippen LogP contribution in [0.4, 0.5) is 13.2 Å². The maximum absolute atomic E-state index is 12.4. The minimum Gasteiger partial charge on any atom is -0.496 e. The van der Waals surface area contributed by atoms with Crippen molar-refractivity contribution in [3.63, 3.8) is 0 Å². The SMILES string of the molecule is COc1ccc(C(F)(F)F)cc1C(C=O)=[N+]=[N-]. The van der Waals surface area contributed by atoms with E-state index in [1.807, 2.05) is 0 Å². The molecule has 0 heterocycles. The first-order valence-corrected chi connectivity index (χ1v) is 4.37. The molecule has 4 nitrogen and oxygen atoms in total. The van der Waals surface area contributed by atoms with Gasteiger partial charge in [-0.15, -0.1) is 0 Å². The third-order valence-corrected chi connectivity index (χ3v) is 2.02. The summed E-state index contributed by atoms with van der Waals surface area (Å²) in [7, 11) is 1.23. The highest BCUT2D eigenvalue weighted by Crippen LogP contribution is 2.32. The van der Waals surface area contributed by atoms with Crippen LogP contribution in [0.25, 0.3) is 5.53 Å². The lowest BCUT2D eigenvalue weighted by molar-refractivity contribution is -0.137. The van der Waals surface area contributed by atoms with Crippen molar-refractivity contribution in [3.05, 3.63) is 34.9 Å². The van der Waals surface area contributed by atoms with Crippen molar-refractivity contribution in [2.24, 2.45) is 0 Å². The minimum absolute atomic E-state index is 0.0119. The molecule has 0 radical (unpaired) electrons. The molecular formula is C10H7F3N2O2. The number of carbonyl (C=O) groups is 1. The van der Waals surface area contributed by atoms with E-state index in [2.05, 4.69) is 4.79 Å². The predicted molar refractivity (Wildman–Crippen MR) is 51.8 cm³/mol. The summed E-state index contributed by atoms with van der Waals surface area (Å²) in [6, 6.07) is 2.54. The number of aldehydes is 1. The van der Waals surface area contributed by atoms with Crippen molar-refractivity contribution >= 4 is 12.0 Å². The highest BCUT2D eigenvalue weighted by Gasteiger charge is 2.32. The summed E-state index contributed by atoms with van der Waals surface area (Å²) in [5.41, 5.74) is 6.79. The van der Waals surface area contributed by atoms with Crippen LogP contribution in [0.5, 0.6) is 5.75 Å². The molecule has 0 aromatic heterocycles. The number of halogens is 3. The molecule has 0 aliphatic heterocycles. The first-order chi connectivity index (χ1) is 7.93. The van der Waals surface area contributed by atoms with Gasteiger partial charge in [0, 0.05) is 0 Å². The third kappa shape index (κ3) is 2.70. The van der Waals surface area contributed by atoms with Gasteiger partial charge in [0.15, 0.2) is 0 Å². The number of alkyl halides is 3. The maximum atomic E-state index is 12.4. The number of carbonyl (C=O) groups excluding carboxylic acids is 1. The normalized spacial score (nSPS) is 10.6. The maximum Gasteiger partial charge on any atom is 0.416 e. The number of ether oxygens (including phenoxy) is 1. The summed E-state index contributed by atoms with van der Waals surface area (Å²) in [5, 5.41) is 0. The molecule has 0 aliphatic rings. The van der Waals surface area contributed by atoms with Gasteiger partial charge in [0.2, 0.25) is 6.29 Å². The van der Waals surface area contributed by atoms with Crippen molar-refractivity contribution in [2.75, 3.05) is 7.11 Å². The van der Waals surface area contributed by atoms with Gasteiger partial charge in [-0.05, 0) is 18.2 Å². The Hall–Kier alpha value is -2.14. The molecule has 7 heteroatoms. The quantitative estimate of drug-likeness (QED) is 0.353. The number of hydrogen-bond donors (Lipinski definition) is 0. The fraction of sp³-hybridized carbons (Fsp3) is 0.200. The standard InChI is InChI=1S/C10H7F3N2O2/c1-17-9-3-2-6(10(11,12)13)4-7(9)8(5-16)15-14/h2-5H,1H3. The second kappa shape index (κ2) is 4.80. The Labute approximate surface area is 94.2 Å². The summed E-state index contributed by atoms with van der Waals surface area (Å²) in [4.78, 5) is 13.1. The van der Waals surface area contributed by atoms with Gasteiger partial charge in [-0.2, -0.15) is 18.0 Å². The van der Waals surface area contributed by atoms with E-state index in [1.165, 1.54) is 7.11 Å². The lowest BCUT2D eigenvalue weighted by Gasteiger charge is -2.09. The zero-order valence-electron chi connectivity index (χ0n) is 8.65. The zero-order chi connectivity index (χ0) is 13.1. The average Bonchev–Trinajstić information content (AvgIpc) is 2.29. The summed E-state index contributed by atoms with van der Waals surface area (Å²) in [6.45, 7) is 0. The zero-order valence-corrected chi connectivity index (χ0v) is 8.65. The second-order valence-corrected chi connectivity index (χ2v) is 3.02. The van der Waals surface area contributed by atoms with Crippen LogP contribution in [0.2, 0.25) is 0 Å². The number of benzene rings is 1. The number of hydrogen-bond acceptors (Lipinski definition) is 2. The number of rotatable bonds is 3. The minimum atomic E-state index is -4.55. The molecule has 17 heavy (non-hydrogen) atoms. The highest BCUT2D eigenvalue weighted by atomic mass is 19.4. The van der Waals surface area contributed by atoms with E-state index < -0.39 is 17.5 Å². The van der Waals surface area contributed by atoms with Crippen LogP contribution in [0.3, 0.4) is 0 Å². The van der Waals surface area contributed by atoms with Gasteiger partial charge in [0.1, 0.15) is 11.3 Å². The van der Waals surface area contributed by atoms with Crippen LogP contribution in [0.15, 0.2) is 18.2 Å². The molecule has 1 rings (SSSR count). The Morgan fingerprint density at radius 3 is 2.53 bits per heavy atom. The topological polar surface area (TPSA) is 62.7 Å². The van der Waals surface area contributed by atoms with E-state index in [0.717, 1.165) is 12.1 Å². The van der Waals surface area contributed by atoms with Crippen LogP contribution >= 0.6 is 0 Å². The Bertz CT molecular complexity index is 491. The van der Waals surface area contributed by atoms with Crippen LogP contribution in [-0.4, -0.2) is 23.9 Å². The lowest BCUT2D eigenvalue weighted by Crippen LogP contribution is -2.11. The largest absolute Gasteiger partial charge is 0.496 e. The molecule has 0 spiro atoms. The predicted octanol–water partition coefficient (Wildman–Crippen LogP) is 1.93. The molecule has 0 aliphatic carbocycles. The molecule has 0 saturated carbocycles. The van der Waals surface area contributed by atoms with Crippen LogP contribution < -0.4 is 4.74 Å². The summed E-state index contributed by atoms with van der Waals surface area (Å²) < 4.78 is 42.1. The smallest absolute Gasteiger partial charge is 0.416 e. The molecule has 0 unspecified atom stereocenters. The van der Waals surface area contributed by atoms with Crippen molar-refractivity contribution < 1.29 is 27.5 Å². The van der Waals surface area contributed by atoms with Crippen LogP contribution in [0.1, 0.15) is 11.1 Å². The van der Waals surface area contributed by atoms with Crippen molar-refractivity contribution in [1.29, 1.82) is 0 Å². The van der Waals surface area contributed by atoms with E-state index in [-0.39, 0.29) is 17.6 Å². The molecule has 1 aromatic carbocycles. The van der Waals surface area contributed by atoms with Gasteiger partial charge < -0.3 is 10.3 Å². The average molecular weight is 244 g/mol. The first-order valence-electron chi connectivity index (χ1n) is 4.37. The van der Waals surface area contributed by atoms with E-state index in [9.17, 15) is 18.0 Å². The fourth-order valence-electron chi connectivity index (χ4n) is 1.23. The second-order valence-electron chi connectivity index (χ2n) is 3.02. The Morgan fingerprint density at radius 1 is 1.47 bits per heavy atom. The van der Waals surface area contributed by atoms with Gasteiger partial charge in [0.05, 0.1) is 12.7 Å². The molecule has 0 amide bonds. The first kappa shape index (κ1) is 12.9. The van der Waals surface area contributed by atoms with E-state index >= 15 is 0 Å². The molecule has 90 valence electrons. The Morgan fingerprint density at radius 2 is 2.12 bits per heavy atom. The highest BCUT2D eigenvalue weighted by molar-refractivity contribution is 6.34. The van der Waals surface area contributed by atoms with Gasteiger partial charge in [-0.3, -0.25) is 4.79 Å². The summed E-state index contributed by atoms with van der Waals surface area (Å²) in [6.07, 6.45) is -4.41. The third-order valence-electron chi connectivity index (χ3n) is 2.02. The van der Waals surface area contributed by atoms with E-state index in [4.69, 9.17) is 10.3 Å². The summed E-state index contributed by atoms with van der Waals surface area (Å²) in [5.74, 6) is 0.0119. The van der Waals surface area contributed by atoms with Crippen molar-refractivity contribution in [2.45, 2.75) is 6.18 Å². The van der Waals surface area contributed by atoms with Crippen LogP contribution in [0, 0.1) is 0 Å². The molecule has 0 N–H and O–H groups in total. The van der Waals surface area contributed by atoms with E-state index in [1.54, 1.807) is 0 Å². The Balaban J connectivity index is 3.45. The molecule has 0 saturated heterocycles. The number of nitrogens with zero attached hydrogens (tertiary/aromatic N) is 2. The summed E-state index contributed by atoms with van der Waals surface area (Å²) >= 11 is 0. The van der Waals surface area contributed by atoms with Crippen molar-refractivity contribution in [1.82, 2.24) is 0 Å². The monoisotopic (exact) mass is 244 g/mol. The lowest BCUT2D eigenvalue weighted by atomic mass is 10.1. The molecule has 0 bridgehead atoms. The molecule has 0 fully saturated rings. The van der Waals surface area contributed by atoms with Gasteiger partial charge in [-0.25, -0.2) is 0 Å². The fourth-order valence-corrected chi connectivity index (χ4v) is 1.23. The van der Waals surface area contributed by atoms with Crippen molar-refractivity contribution in [3.8, 4) is 5.75 Å². The molecule has 1 aromatic rings. The Kier molecular flexibility index (Phi) is 3.65. The molecular weight excluding hydrogens is 237 g/mol. The number of methoxy groups -OCH3 is 1. The molecule has 0 atom stereocenters. The van der Waals surface area contributed by atoms with Gasteiger partial charge in [-0.1, -0.05) is 0 Å². The van der Waals surface area contributed by atoms with Gasteiger partial charge >= 0.3 is 11.9 Å². The van der Waals surface area contributed by atoms with E-state index in [0.29, 0.717) is 6.07 Å². The van der Waals surface area contributed by atoms with Gasteiger partial charge in [0.25, 0.3) is 0 Å².